The van der Waals surface area contributed by atoms with Gasteiger partial charge in [0, 0.05) is 5.69 Å². The van der Waals surface area contributed by atoms with E-state index in [1.54, 1.807) is 7.11 Å². The number of benzene rings is 1. The Morgan fingerprint density at radius 2 is 2.38 bits per heavy atom. The van der Waals surface area contributed by atoms with Crippen LogP contribution in [0, 0.1) is 5.92 Å². The fourth-order valence-corrected chi connectivity index (χ4v) is 3.32. The van der Waals surface area contributed by atoms with Gasteiger partial charge in [0.15, 0.2) is 0 Å². The molecule has 0 aromatic heterocycles. The molecule has 1 fully saturated rings. The van der Waals surface area contributed by atoms with E-state index in [0.717, 1.165) is 23.8 Å². The predicted molar refractivity (Wildman–Crippen MR) is 71.2 cm³/mol. The van der Waals surface area contributed by atoms with Crippen LogP contribution in [-0.2, 0) is 6.42 Å². The molecule has 1 aromatic rings. The lowest BCUT2D eigenvalue weighted by atomic mass is 9.95. The van der Waals surface area contributed by atoms with Gasteiger partial charge in [-0.05, 0) is 60.4 Å². The molecule has 1 heterocycles. The summed E-state index contributed by atoms with van der Waals surface area (Å²) in [5.74, 6) is 4.29. The third-order valence-electron chi connectivity index (χ3n) is 3.11. The highest BCUT2D eigenvalue weighted by molar-refractivity contribution is 7.99. The molecule has 2 N–H and O–H groups in total. The molecule has 1 saturated heterocycles. The molecular weight excluding hydrogens is 218 g/mol. The average Bonchev–Trinajstić information content (AvgIpc) is 2.33. The maximum Gasteiger partial charge on any atom is 0.119 e. The second kappa shape index (κ2) is 5.48. The summed E-state index contributed by atoms with van der Waals surface area (Å²) in [5, 5.41) is 0. The molecule has 0 aliphatic carbocycles. The molecule has 1 aliphatic rings. The summed E-state index contributed by atoms with van der Waals surface area (Å²) in [6, 6.07) is 5.95. The van der Waals surface area contributed by atoms with E-state index in [-0.39, 0.29) is 0 Å². The largest absolute Gasteiger partial charge is 0.497 e. The molecule has 0 spiro atoms. The van der Waals surface area contributed by atoms with Gasteiger partial charge >= 0.3 is 0 Å². The molecule has 0 bridgehead atoms. The Bertz CT molecular complexity index is 348. The Labute approximate surface area is 102 Å². The zero-order chi connectivity index (χ0) is 11.4. The van der Waals surface area contributed by atoms with Crippen LogP contribution in [0.4, 0.5) is 5.69 Å². The van der Waals surface area contributed by atoms with E-state index in [9.17, 15) is 0 Å². The van der Waals surface area contributed by atoms with Gasteiger partial charge in [-0.3, -0.25) is 0 Å². The minimum Gasteiger partial charge on any atom is -0.497 e. The number of hydrogen-bond acceptors (Lipinski definition) is 3. The van der Waals surface area contributed by atoms with Crippen molar-refractivity contribution in [3.63, 3.8) is 0 Å². The minimum atomic E-state index is 0.785. The summed E-state index contributed by atoms with van der Waals surface area (Å²) in [4.78, 5) is 0. The van der Waals surface area contributed by atoms with Gasteiger partial charge in [0.05, 0.1) is 7.11 Å². The summed E-state index contributed by atoms with van der Waals surface area (Å²) in [7, 11) is 1.70. The molecule has 1 atom stereocenters. The molecular formula is C13H19NOS. The van der Waals surface area contributed by atoms with Crippen LogP contribution in [0.5, 0.6) is 5.75 Å². The molecule has 3 heteroatoms. The topological polar surface area (TPSA) is 35.2 Å². The maximum absolute atomic E-state index is 6.00. The first-order valence-electron chi connectivity index (χ1n) is 5.79. The first-order chi connectivity index (χ1) is 7.79. The van der Waals surface area contributed by atoms with Crippen molar-refractivity contribution in [1.29, 1.82) is 0 Å². The van der Waals surface area contributed by atoms with Crippen LogP contribution in [-0.4, -0.2) is 18.6 Å². The van der Waals surface area contributed by atoms with E-state index >= 15 is 0 Å². The first kappa shape index (κ1) is 11.6. The normalized spacial score (nSPS) is 20.7. The van der Waals surface area contributed by atoms with Crippen molar-refractivity contribution in [2.45, 2.75) is 19.3 Å². The number of nitrogen functional groups attached to an aromatic ring is 1. The Balaban J connectivity index is 2.06. The molecule has 1 aliphatic heterocycles. The van der Waals surface area contributed by atoms with E-state index in [1.807, 2.05) is 12.1 Å². The van der Waals surface area contributed by atoms with Crippen LogP contribution in [0.2, 0.25) is 0 Å². The standard InChI is InChI=1S/C13H19NOS/c1-15-12-4-5-13(14)11(8-12)7-10-3-2-6-16-9-10/h4-5,8,10H,2-3,6-7,9,14H2,1H3. The fraction of sp³-hybridized carbons (Fsp3) is 0.538. The Morgan fingerprint density at radius 3 is 3.06 bits per heavy atom. The Morgan fingerprint density at radius 1 is 1.50 bits per heavy atom. The maximum atomic E-state index is 6.00. The van der Waals surface area contributed by atoms with Gasteiger partial charge in [0.1, 0.15) is 5.75 Å². The van der Waals surface area contributed by atoms with E-state index in [4.69, 9.17) is 10.5 Å². The molecule has 0 amide bonds. The zero-order valence-corrected chi connectivity index (χ0v) is 10.6. The molecule has 2 rings (SSSR count). The minimum absolute atomic E-state index is 0.785. The predicted octanol–water partition coefficient (Wildman–Crippen LogP) is 2.96. The second-order valence-corrected chi connectivity index (χ2v) is 5.50. The number of anilines is 1. The third-order valence-corrected chi connectivity index (χ3v) is 4.40. The Hall–Kier alpha value is -0.830. The molecule has 1 unspecified atom stereocenters. The van der Waals surface area contributed by atoms with Gasteiger partial charge in [-0.1, -0.05) is 0 Å². The number of methoxy groups -OCH3 is 1. The van der Waals surface area contributed by atoms with Gasteiger partial charge in [-0.2, -0.15) is 11.8 Å². The summed E-state index contributed by atoms with van der Waals surface area (Å²) in [6.07, 6.45) is 3.78. The van der Waals surface area contributed by atoms with Gasteiger partial charge in [-0.15, -0.1) is 0 Å². The molecule has 88 valence electrons. The number of hydrogen-bond donors (Lipinski definition) is 1. The van der Waals surface area contributed by atoms with Crippen LogP contribution < -0.4 is 10.5 Å². The molecule has 0 radical (unpaired) electrons. The fourth-order valence-electron chi connectivity index (χ4n) is 2.17. The van der Waals surface area contributed by atoms with Crippen molar-refractivity contribution in [2.75, 3.05) is 24.3 Å². The van der Waals surface area contributed by atoms with Gasteiger partial charge in [0.25, 0.3) is 0 Å². The average molecular weight is 237 g/mol. The monoisotopic (exact) mass is 237 g/mol. The van der Waals surface area contributed by atoms with E-state index in [0.29, 0.717) is 0 Å². The van der Waals surface area contributed by atoms with Crippen molar-refractivity contribution in [2.24, 2.45) is 5.92 Å². The van der Waals surface area contributed by atoms with Gasteiger partial charge in [0.2, 0.25) is 0 Å². The summed E-state index contributed by atoms with van der Waals surface area (Å²) in [6.45, 7) is 0. The van der Waals surface area contributed by atoms with Crippen molar-refractivity contribution in [3.8, 4) is 5.75 Å². The number of nitrogens with two attached hydrogens (primary N) is 1. The summed E-state index contributed by atoms with van der Waals surface area (Å²) < 4.78 is 5.24. The lowest BCUT2D eigenvalue weighted by Crippen LogP contribution is -2.14. The van der Waals surface area contributed by atoms with Crippen LogP contribution in [0.15, 0.2) is 18.2 Å². The quantitative estimate of drug-likeness (QED) is 0.821. The smallest absolute Gasteiger partial charge is 0.119 e. The van der Waals surface area contributed by atoms with Crippen LogP contribution >= 0.6 is 11.8 Å². The Kier molecular flexibility index (Phi) is 3.99. The van der Waals surface area contributed by atoms with E-state index in [1.165, 1.54) is 29.9 Å². The second-order valence-electron chi connectivity index (χ2n) is 4.35. The van der Waals surface area contributed by atoms with Crippen LogP contribution in [0.25, 0.3) is 0 Å². The zero-order valence-electron chi connectivity index (χ0n) is 9.74. The molecule has 16 heavy (non-hydrogen) atoms. The van der Waals surface area contributed by atoms with Crippen molar-refractivity contribution in [3.05, 3.63) is 23.8 Å². The van der Waals surface area contributed by atoms with Crippen molar-refractivity contribution >= 4 is 17.4 Å². The van der Waals surface area contributed by atoms with Gasteiger partial charge in [-0.25, -0.2) is 0 Å². The molecule has 2 nitrogen and oxygen atoms in total. The van der Waals surface area contributed by atoms with E-state index < -0.39 is 0 Å². The molecule has 0 saturated carbocycles. The highest BCUT2D eigenvalue weighted by atomic mass is 32.2. The summed E-state index contributed by atoms with van der Waals surface area (Å²) in [5.41, 5.74) is 8.14. The van der Waals surface area contributed by atoms with Crippen molar-refractivity contribution in [1.82, 2.24) is 0 Å². The van der Waals surface area contributed by atoms with Gasteiger partial charge < -0.3 is 10.5 Å². The number of rotatable bonds is 3. The number of thioether (sulfide) groups is 1. The lowest BCUT2D eigenvalue weighted by Gasteiger charge is -2.22. The third kappa shape index (κ3) is 2.85. The van der Waals surface area contributed by atoms with Crippen LogP contribution in [0.3, 0.4) is 0 Å². The highest BCUT2D eigenvalue weighted by Gasteiger charge is 2.15. The van der Waals surface area contributed by atoms with E-state index in [2.05, 4.69) is 17.8 Å². The first-order valence-corrected chi connectivity index (χ1v) is 6.95. The SMILES string of the molecule is COc1ccc(N)c(CC2CCCSC2)c1. The lowest BCUT2D eigenvalue weighted by molar-refractivity contribution is 0.413. The van der Waals surface area contributed by atoms with Crippen LogP contribution in [0.1, 0.15) is 18.4 Å². The molecule has 1 aromatic carbocycles. The van der Waals surface area contributed by atoms with Crippen molar-refractivity contribution < 1.29 is 4.74 Å². The number of ether oxygens (including phenoxy) is 1. The summed E-state index contributed by atoms with van der Waals surface area (Å²) >= 11 is 2.07. The highest BCUT2D eigenvalue weighted by Crippen LogP contribution is 2.29.